The van der Waals surface area contributed by atoms with Gasteiger partial charge in [0.15, 0.2) is 11.5 Å². The number of ketones is 1. The number of amides is 2. The van der Waals surface area contributed by atoms with Crippen molar-refractivity contribution in [2.75, 3.05) is 0 Å². The van der Waals surface area contributed by atoms with Gasteiger partial charge in [0, 0.05) is 8.95 Å². The molecule has 0 spiro atoms. The summed E-state index contributed by atoms with van der Waals surface area (Å²) in [7, 11) is 0. The monoisotopic (exact) mass is 816 g/mol. The molecular weight excluding hydrogens is 796 g/mol. The smallest absolute Gasteiger partial charge is 0.408 e. The summed E-state index contributed by atoms with van der Waals surface area (Å²) in [6.07, 6.45) is -1.62. The lowest BCUT2D eigenvalue weighted by molar-refractivity contribution is -0.136. The van der Waals surface area contributed by atoms with E-state index in [1.165, 1.54) is 13.8 Å². The normalized spacial score (nSPS) is 12.0. The van der Waals surface area contributed by atoms with E-state index in [2.05, 4.69) is 74.4 Å². The van der Waals surface area contributed by atoms with E-state index in [4.69, 9.17) is 14.2 Å². The number of carbonyl (C=O) groups excluding carboxylic acids is 4. The minimum atomic E-state index is -1.13. The summed E-state index contributed by atoms with van der Waals surface area (Å²) < 4.78 is 17.4. The SMILES string of the molecule is C[C@H](NC(=O)OCc1ccccc1)C(=O)Oc1c(Br)c(Br)c(Br)c(Br)c1C(=O)[C@H](C)NC(=O)OCc1ccccc1. The summed E-state index contributed by atoms with van der Waals surface area (Å²) >= 11 is 13.5. The van der Waals surface area contributed by atoms with Gasteiger partial charge in [-0.25, -0.2) is 14.4 Å². The Bertz CT molecular complexity index is 1420. The summed E-state index contributed by atoms with van der Waals surface area (Å²) in [6.45, 7) is 2.93. The van der Waals surface area contributed by atoms with Crippen molar-refractivity contribution in [3.63, 3.8) is 0 Å². The number of Topliss-reactive ketones (excluding diaryl/α,β-unsaturated/α-hetero) is 1. The van der Waals surface area contributed by atoms with Gasteiger partial charge in [0.05, 0.1) is 20.6 Å². The van der Waals surface area contributed by atoms with Crippen molar-refractivity contribution < 1.29 is 33.4 Å². The second kappa shape index (κ2) is 15.5. The highest BCUT2D eigenvalue weighted by molar-refractivity contribution is 9.15. The highest BCUT2D eigenvalue weighted by atomic mass is 79.9. The van der Waals surface area contributed by atoms with E-state index in [0.29, 0.717) is 8.95 Å². The number of hydrogen-bond donors (Lipinski definition) is 2. The zero-order valence-corrected chi connectivity index (χ0v) is 28.1. The molecule has 2 atom stereocenters. The lowest BCUT2D eigenvalue weighted by Crippen LogP contribution is -2.42. The molecule has 0 fully saturated rings. The van der Waals surface area contributed by atoms with E-state index in [-0.39, 0.29) is 33.5 Å². The highest BCUT2D eigenvalue weighted by Gasteiger charge is 2.31. The molecule has 13 heteroatoms. The van der Waals surface area contributed by atoms with Gasteiger partial charge >= 0.3 is 18.2 Å². The van der Waals surface area contributed by atoms with E-state index in [1.54, 1.807) is 24.3 Å². The number of hydrogen-bond acceptors (Lipinski definition) is 7. The Kier molecular flexibility index (Phi) is 12.4. The summed E-state index contributed by atoms with van der Waals surface area (Å²) in [5.41, 5.74) is 1.53. The largest absolute Gasteiger partial charge is 0.445 e. The molecule has 2 amide bonds. The van der Waals surface area contributed by atoms with Crippen LogP contribution in [0.25, 0.3) is 0 Å². The van der Waals surface area contributed by atoms with Crippen LogP contribution in [0, 0.1) is 0 Å². The Morgan fingerprint density at radius 1 is 0.659 bits per heavy atom. The van der Waals surface area contributed by atoms with Crippen LogP contribution < -0.4 is 15.4 Å². The zero-order valence-electron chi connectivity index (χ0n) is 21.7. The molecule has 0 heterocycles. The van der Waals surface area contributed by atoms with Crippen molar-refractivity contribution in [1.82, 2.24) is 10.6 Å². The fraction of sp³-hybridized carbons (Fsp3) is 0.214. The molecule has 9 nitrogen and oxygen atoms in total. The molecule has 0 saturated carbocycles. The first-order valence-corrected chi connectivity index (χ1v) is 15.2. The molecule has 3 aromatic carbocycles. The quantitative estimate of drug-likeness (QED) is 0.0717. The fourth-order valence-electron chi connectivity index (χ4n) is 3.34. The molecule has 0 unspecified atom stereocenters. The van der Waals surface area contributed by atoms with Gasteiger partial charge in [0.1, 0.15) is 19.3 Å². The third kappa shape index (κ3) is 9.12. The van der Waals surface area contributed by atoms with Gasteiger partial charge in [-0.2, -0.15) is 0 Å². The maximum Gasteiger partial charge on any atom is 0.408 e. The maximum absolute atomic E-state index is 13.5. The van der Waals surface area contributed by atoms with Gasteiger partial charge in [-0.15, -0.1) is 0 Å². The van der Waals surface area contributed by atoms with Crippen LogP contribution >= 0.6 is 63.7 Å². The van der Waals surface area contributed by atoms with Gasteiger partial charge in [-0.3, -0.25) is 4.79 Å². The standard InChI is InChI=1S/C28H24Br4N2O7/c1-15(33-27(37)39-13-17-9-5-3-6-10-17)24(35)19-20(29)21(30)22(31)23(32)25(19)41-26(36)16(2)34-28(38)40-14-18-11-7-4-8-12-18/h3-12,15-16H,13-14H2,1-2H3,(H,33,37)(H,34,38)/t15-,16-/m0/s1. The molecule has 2 N–H and O–H groups in total. The third-order valence-corrected chi connectivity index (χ3v) is 10.2. The van der Waals surface area contributed by atoms with Crippen molar-refractivity contribution in [2.45, 2.75) is 39.1 Å². The Labute approximate surface area is 270 Å². The summed E-state index contributed by atoms with van der Waals surface area (Å²) in [5, 5.41) is 4.91. The van der Waals surface area contributed by atoms with Gasteiger partial charge in [0.25, 0.3) is 0 Å². The Hall–Kier alpha value is -2.74. The molecule has 216 valence electrons. The van der Waals surface area contributed by atoms with E-state index in [0.717, 1.165) is 11.1 Å². The summed E-state index contributed by atoms with van der Waals surface area (Å²) in [5.74, 6) is -1.56. The van der Waals surface area contributed by atoms with Crippen molar-refractivity contribution in [3.05, 3.63) is 95.2 Å². The van der Waals surface area contributed by atoms with E-state index < -0.39 is 36.0 Å². The van der Waals surface area contributed by atoms with Gasteiger partial charge < -0.3 is 24.8 Å². The van der Waals surface area contributed by atoms with Crippen LogP contribution in [-0.2, 0) is 27.5 Å². The van der Waals surface area contributed by atoms with E-state index in [1.807, 2.05) is 36.4 Å². The van der Waals surface area contributed by atoms with Crippen LogP contribution in [0.5, 0.6) is 5.75 Å². The molecule has 0 saturated heterocycles. The first-order chi connectivity index (χ1) is 19.5. The van der Waals surface area contributed by atoms with Crippen molar-refractivity contribution in [2.24, 2.45) is 0 Å². The first-order valence-electron chi connectivity index (χ1n) is 12.1. The number of halogens is 4. The van der Waals surface area contributed by atoms with Crippen LogP contribution in [-0.4, -0.2) is 36.0 Å². The summed E-state index contributed by atoms with van der Waals surface area (Å²) in [6, 6.07) is 15.9. The number of benzene rings is 3. The number of carbonyl (C=O) groups is 4. The number of esters is 1. The van der Waals surface area contributed by atoms with Crippen molar-refractivity contribution in [3.8, 4) is 5.75 Å². The maximum atomic E-state index is 13.5. The van der Waals surface area contributed by atoms with Crippen LogP contribution in [0.4, 0.5) is 9.59 Å². The molecule has 0 bridgehead atoms. The molecule has 3 aromatic rings. The van der Waals surface area contributed by atoms with Gasteiger partial charge in [-0.05, 0) is 88.7 Å². The first kappa shape index (κ1) is 32.8. The third-order valence-electron chi connectivity index (χ3n) is 5.51. The highest BCUT2D eigenvalue weighted by Crippen LogP contribution is 2.46. The fourth-order valence-corrected chi connectivity index (χ4v) is 5.70. The molecule has 0 aliphatic rings. The lowest BCUT2D eigenvalue weighted by atomic mass is 10.0. The van der Waals surface area contributed by atoms with E-state index >= 15 is 0 Å². The minimum absolute atomic E-state index is 0.0178. The molecule has 3 rings (SSSR count). The predicted octanol–water partition coefficient (Wildman–Crippen LogP) is 7.45. The van der Waals surface area contributed by atoms with Crippen LogP contribution in [0.15, 0.2) is 78.6 Å². The van der Waals surface area contributed by atoms with Crippen LogP contribution in [0.1, 0.15) is 35.3 Å². The minimum Gasteiger partial charge on any atom is -0.445 e. The predicted molar refractivity (Wildman–Crippen MR) is 166 cm³/mol. The Morgan fingerprint density at radius 2 is 1.10 bits per heavy atom. The average Bonchev–Trinajstić information content (AvgIpc) is 2.97. The Morgan fingerprint density at radius 3 is 1.59 bits per heavy atom. The number of rotatable bonds is 10. The van der Waals surface area contributed by atoms with Crippen molar-refractivity contribution >= 4 is 87.7 Å². The molecule has 41 heavy (non-hydrogen) atoms. The van der Waals surface area contributed by atoms with Crippen LogP contribution in [0.3, 0.4) is 0 Å². The Balaban J connectivity index is 1.71. The molecular formula is C28H24Br4N2O7. The molecule has 0 aliphatic heterocycles. The second-order valence-electron chi connectivity index (χ2n) is 8.60. The average molecular weight is 820 g/mol. The zero-order chi connectivity index (χ0) is 30.1. The topological polar surface area (TPSA) is 120 Å². The number of alkyl carbamates (subject to hydrolysis) is 2. The number of nitrogens with one attached hydrogen (secondary N) is 2. The van der Waals surface area contributed by atoms with Gasteiger partial charge in [0.2, 0.25) is 0 Å². The molecule has 0 aliphatic carbocycles. The summed E-state index contributed by atoms with van der Waals surface area (Å²) in [4.78, 5) is 51.1. The molecule has 0 aromatic heterocycles. The van der Waals surface area contributed by atoms with Crippen molar-refractivity contribution in [1.29, 1.82) is 0 Å². The molecule has 0 radical (unpaired) electrons. The van der Waals surface area contributed by atoms with Crippen LogP contribution in [0.2, 0.25) is 0 Å². The second-order valence-corrected chi connectivity index (χ2v) is 11.8. The lowest BCUT2D eigenvalue weighted by Gasteiger charge is -2.21. The number of ether oxygens (including phenoxy) is 3. The van der Waals surface area contributed by atoms with Gasteiger partial charge in [-0.1, -0.05) is 60.7 Å². The van der Waals surface area contributed by atoms with E-state index in [9.17, 15) is 19.2 Å².